The van der Waals surface area contributed by atoms with Crippen LogP contribution in [0.5, 0.6) is 11.5 Å². The van der Waals surface area contributed by atoms with Crippen molar-refractivity contribution < 1.29 is 23.1 Å². The Morgan fingerprint density at radius 2 is 1.65 bits per heavy atom. The van der Waals surface area contributed by atoms with Crippen LogP contribution in [0.15, 0.2) is 30.3 Å². The van der Waals surface area contributed by atoms with Gasteiger partial charge in [-0.1, -0.05) is 11.6 Å². The zero-order valence-electron chi connectivity index (χ0n) is 9.90. The van der Waals surface area contributed by atoms with Gasteiger partial charge >= 0.3 is 0 Å². The molecule has 0 aliphatic carbocycles. The Bertz CT molecular complexity index is 663. The smallest absolute Gasteiger partial charge is 0.198 e. The maximum atomic E-state index is 13.6. The third-order valence-corrected chi connectivity index (χ3v) is 2.80. The fraction of sp³-hybridized carbons (Fsp3) is 0. The first-order valence-corrected chi connectivity index (χ1v) is 5.79. The van der Waals surface area contributed by atoms with Crippen molar-refractivity contribution in [1.82, 2.24) is 0 Å². The van der Waals surface area contributed by atoms with Gasteiger partial charge in [0, 0.05) is 17.2 Å². The van der Waals surface area contributed by atoms with E-state index in [0.717, 1.165) is 12.1 Å². The number of aldehydes is 2. The highest BCUT2D eigenvalue weighted by molar-refractivity contribution is 6.33. The summed E-state index contributed by atoms with van der Waals surface area (Å²) in [5.74, 6) is -2.60. The molecule has 6 heteroatoms. The molecular formula is C14H7ClF2O3. The Kier molecular flexibility index (Phi) is 4.10. The second kappa shape index (κ2) is 5.79. The fourth-order valence-corrected chi connectivity index (χ4v) is 1.74. The predicted molar refractivity (Wildman–Crippen MR) is 68.7 cm³/mol. The molecule has 0 amide bonds. The number of carbonyl (C=O) groups is 2. The van der Waals surface area contributed by atoms with Gasteiger partial charge in [-0.15, -0.1) is 0 Å². The molecule has 0 saturated carbocycles. The summed E-state index contributed by atoms with van der Waals surface area (Å²) in [7, 11) is 0. The number of ether oxygens (including phenoxy) is 1. The third kappa shape index (κ3) is 2.83. The SMILES string of the molecule is O=Cc1cc(F)c(Oc2ccc(C=O)c(Cl)c2)c(F)c1. The summed E-state index contributed by atoms with van der Waals surface area (Å²) in [5, 5.41) is 0.0998. The van der Waals surface area contributed by atoms with Crippen LogP contribution in [0.1, 0.15) is 20.7 Å². The van der Waals surface area contributed by atoms with Gasteiger partial charge in [-0.25, -0.2) is 8.78 Å². The number of hydrogen-bond donors (Lipinski definition) is 0. The molecule has 0 spiro atoms. The van der Waals surface area contributed by atoms with Crippen LogP contribution in [0, 0.1) is 11.6 Å². The third-order valence-electron chi connectivity index (χ3n) is 2.48. The van der Waals surface area contributed by atoms with Crippen molar-refractivity contribution in [2.45, 2.75) is 0 Å². The summed E-state index contributed by atoms with van der Waals surface area (Å²) < 4.78 is 32.3. The van der Waals surface area contributed by atoms with E-state index >= 15 is 0 Å². The summed E-state index contributed by atoms with van der Waals surface area (Å²) in [6.45, 7) is 0. The minimum absolute atomic E-state index is 0.0669. The second-order valence-corrected chi connectivity index (χ2v) is 4.24. The summed E-state index contributed by atoms with van der Waals surface area (Å²) in [6, 6.07) is 5.68. The Morgan fingerprint density at radius 1 is 1.00 bits per heavy atom. The highest BCUT2D eigenvalue weighted by atomic mass is 35.5. The standard InChI is InChI=1S/C14H7ClF2O3/c15-11-5-10(2-1-9(11)7-19)20-14-12(16)3-8(6-18)4-13(14)17/h1-7H. The molecule has 0 radical (unpaired) electrons. The van der Waals surface area contributed by atoms with Crippen LogP contribution < -0.4 is 4.74 Å². The number of hydrogen-bond acceptors (Lipinski definition) is 3. The van der Waals surface area contributed by atoms with E-state index in [1.807, 2.05) is 0 Å². The summed E-state index contributed by atoms with van der Waals surface area (Å²) in [5.41, 5.74) is 0.0953. The second-order valence-electron chi connectivity index (χ2n) is 3.83. The molecule has 3 nitrogen and oxygen atoms in total. The Hall–Kier alpha value is -2.27. The molecule has 0 aromatic heterocycles. The van der Waals surface area contributed by atoms with Crippen molar-refractivity contribution in [2.75, 3.05) is 0 Å². The van der Waals surface area contributed by atoms with Crippen LogP contribution in [0.3, 0.4) is 0 Å². The van der Waals surface area contributed by atoms with Gasteiger partial charge in [-0.2, -0.15) is 0 Å². The van der Waals surface area contributed by atoms with E-state index in [9.17, 15) is 18.4 Å². The Labute approximate surface area is 117 Å². The van der Waals surface area contributed by atoms with Crippen LogP contribution in [-0.4, -0.2) is 12.6 Å². The molecule has 0 fully saturated rings. The first-order chi connectivity index (χ1) is 9.55. The highest BCUT2D eigenvalue weighted by Crippen LogP contribution is 2.30. The lowest BCUT2D eigenvalue weighted by Crippen LogP contribution is -1.95. The van der Waals surface area contributed by atoms with Gasteiger partial charge in [0.2, 0.25) is 0 Å². The number of halogens is 3. The summed E-state index contributed by atoms with van der Waals surface area (Å²) >= 11 is 5.78. The van der Waals surface area contributed by atoms with Crippen LogP contribution in [0.2, 0.25) is 5.02 Å². The molecule has 0 atom stereocenters. The minimum atomic E-state index is -1.01. The largest absolute Gasteiger partial charge is 0.451 e. The van der Waals surface area contributed by atoms with Gasteiger partial charge in [-0.05, 0) is 24.3 Å². The van der Waals surface area contributed by atoms with Crippen molar-refractivity contribution in [3.8, 4) is 11.5 Å². The molecule has 0 aliphatic rings. The van der Waals surface area contributed by atoms with Crippen molar-refractivity contribution in [3.63, 3.8) is 0 Å². The van der Waals surface area contributed by atoms with Crippen molar-refractivity contribution in [1.29, 1.82) is 0 Å². The molecule has 0 N–H and O–H groups in total. The minimum Gasteiger partial charge on any atom is -0.451 e. The molecule has 0 aliphatic heterocycles. The molecule has 2 aromatic rings. The topological polar surface area (TPSA) is 43.4 Å². The fourth-order valence-electron chi connectivity index (χ4n) is 1.53. The van der Waals surface area contributed by atoms with E-state index in [1.54, 1.807) is 0 Å². The highest BCUT2D eigenvalue weighted by Gasteiger charge is 2.14. The molecule has 2 aromatic carbocycles. The van der Waals surface area contributed by atoms with Gasteiger partial charge in [0.05, 0.1) is 5.02 Å². The van der Waals surface area contributed by atoms with E-state index in [1.165, 1.54) is 18.2 Å². The lowest BCUT2D eigenvalue weighted by atomic mass is 10.2. The average Bonchev–Trinajstić information content (AvgIpc) is 2.42. The lowest BCUT2D eigenvalue weighted by molar-refractivity contribution is 0.111. The Morgan fingerprint density at radius 3 is 2.15 bits per heavy atom. The van der Waals surface area contributed by atoms with Crippen LogP contribution in [0.25, 0.3) is 0 Å². The van der Waals surface area contributed by atoms with Gasteiger partial charge in [0.25, 0.3) is 0 Å². The van der Waals surface area contributed by atoms with Gasteiger partial charge in [0.15, 0.2) is 23.7 Å². The first-order valence-electron chi connectivity index (χ1n) is 5.42. The van der Waals surface area contributed by atoms with Crippen LogP contribution >= 0.6 is 11.6 Å². The van der Waals surface area contributed by atoms with Crippen molar-refractivity contribution >= 4 is 24.2 Å². The van der Waals surface area contributed by atoms with Crippen LogP contribution in [-0.2, 0) is 0 Å². The molecule has 0 bridgehead atoms. The van der Waals surface area contributed by atoms with E-state index in [2.05, 4.69) is 0 Å². The number of carbonyl (C=O) groups excluding carboxylic acids is 2. The molecular weight excluding hydrogens is 290 g/mol. The van der Waals surface area contributed by atoms with E-state index < -0.39 is 17.4 Å². The first kappa shape index (κ1) is 14.1. The van der Waals surface area contributed by atoms with Crippen molar-refractivity contribution in [2.24, 2.45) is 0 Å². The predicted octanol–water partition coefficient (Wildman–Crippen LogP) is 4.04. The van der Waals surface area contributed by atoms with Gasteiger partial charge in [0.1, 0.15) is 12.0 Å². The quantitative estimate of drug-likeness (QED) is 0.800. The Balaban J connectivity index is 2.37. The number of benzene rings is 2. The molecule has 0 unspecified atom stereocenters. The van der Waals surface area contributed by atoms with Gasteiger partial charge < -0.3 is 4.74 Å². The number of rotatable bonds is 4. The maximum absolute atomic E-state index is 13.6. The maximum Gasteiger partial charge on any atom is 0.198 e. The van der Waals surface area contributed by atoms with E-state index in [4.69, 9.17) is 16.3 Å². The van der Waals surface area contributed by atoms with E-state index in [0.29, 0.717) is 12.6 Å². The molecule has 20 heavy (non-hydrogen) atoms. The van der Waals surface area contributed by atoms with Gasteiger partial charge in [-0.3, -0.25) is 9.59 Å². The molecule has 0 saturated heterocycles. The molecule has 102 valence electrons. The zero-order valence-corrected chi connectivity index (χ0v) is 10.7. The normalized spacial score (nSPS) is 10.2. The molecule has 2 rings (SSSR count). The lowest BCUT2D eigenvalue weighted by Gasteiger charge is -2.09. The summed E-state index contributed by atoms with van der Waals surface area (Å²) in [6.07, 6.45) is 0.873. The monoisotopic (exact) mass is 296 g/mol. The zero-order chi connectivity index (χ0) is 14.7. The summed E-state index contributed by atoms with van der Waals surface area (Å²) in [4.78, 5) is 21.1. The average molecular weight is 297 g/mol. The van der Waals surface area contributed by atoms with E-state index in [-0.39, 0.29) is 21.9 Å². The molecule has 0 heterocycles. The van der Waals surface area contributed by atoms with Crippen molar-refractivity contribution in [3.05, 3.63) is 58.1 Å². The van der Waals surface area contributed by atoms with Crippen LogP contribution in [0.4, 0.5) is 8.78 Å².